The van der Waals surface area contributed by atoms with Crippen molar-refractivity contribution < 1.29 is 24.9 Å². The number of carbonyl (C=O) groups excluding carboxylic acids is 1. The Hall–Kier alpha value is -1.13. The molecule has 0 aromatic heterocycles. The highest BCUT2D eigenvalue weighted by molar-refractivity contribution is 8.03. The van der Waals surface area contributed by atoms with E-state index in [0.717, 1.165) is 6.42 Å². The second-order valence-electron chi connectivity index (χ2n) is 7.48. The first kappa shape index (κ1) is 19.6. The monoisotopic (exact) mass is 385 g/mol. The van der Waals surface area contributed by atoms with Crippen molar-refractivity contribution in [3.8, 4) is 0 Å². The lowest BCUT2D eigenvalue weighted by molar-refractivity contribution is -0.163. The fraction of sp³-hybridized carbons (Fsp3) is 0.765. The maximum atomic E-state index is 12.3. The molecule has 0 aliphatic carbocycles. The smallest absolute Gasteiger partial charge is 0.353 e. The predicted molar refractivity (Wildman–Crippen MR) is 97.1 cm³/mol. The summed E-state index contributed by atoms with van der Waals surface area (Å²) in [6.45, 7) is 4.44. The quantitative estimate of drug-likeness (QED) is 0.364. The molecule has 0 saturated carbocycles. The molecular weight excluding hydrogens is 358 g/mol. The van der Waals surface area contributed by atoms with Crippen LogP contribution in [0, 0.1) is 11.8 Å². The molecule has 0 aromatic carbocycles. The molecule has 8 nitrogen and oxygen atoms in total. The van der Waals surface area contributed by atoms with Gasteiger partial charge < -0.3 is 31.3 Å². The third kappa shape index (κ3) is 3.27. The summed E-state index contributed by atoms with van der Waals surface area (Å²) in [7, 11) is 0. The Bertz CT molecular complexity index is 626. The van der Waals surface area contributed by atoms with Crippen LogP contribution in [-0.2, 0) is 9.59 Å². The Morgan fingerprint density at radius 1 is 1.46 bits per heavy atom. The van der Waals surface area contributed by atoms with Crippen LogP contribution in [0.25, 0.3) is 0 Å². The summed E-state index contributed by atoms with van der Waals surface area (Å²) in [6.07, 6.45) is 0.0527. The van der Waals surface area contributed by atoms with Crippen LogP contribution < -0.4 is 11.1 Å². The van der Waals surface area contributed by atoms with E-state index in [1.165, 1.54) is 16.7 Å². The van der Waals surface area contributed by atoms with Crippen LogP contribution in [0.5, 0.6) is 0 Å². The number of amides is 1. The zero-order valence-electron chi connectivity index (χ0n) is 15.0. The maximum absolute atomic E-state index is 12.3. The van der Waals surface area contributed by atoms with Crippen LogP contribution in [0.4, 0.5) is 0 Å². The number of nitrogens with zero attached hydrogens (tertiary/aromatic N) is 1. The summed E-state index contributed by atoms with van der Waals surface area (Å²) in [4.78, 5) is 26.2. The van der Waals surface area contributed by atoms with Gasteiger partial charge in [0.05, 0.1) is 24.2 Å². The van der Waals surface area contributed by atoms with Gasteiger partial charge in [0.1, 0.15) is 5.70 Å². The zero-order chi connectivity index (χ0) is 19.2. The number of nitrogens with two attached hydrogens (primary N) is 1. The van der Waals surface area contributed by atoms with Gasteiger partial charge in [0.15, 0.2) is 0 Å². The van der Waals surface area contributed by atoms with Crippen molar-refractivity contribution in [1.29, 1.82) is 0 Å². The zero-order valence-corrected chi connectivity index (χ0v) is 15.8. The van der Waals surface area contributed by atoms with E-state index in [9.17, 15) is 24.9 Å². The molecule has 26 heavy (non-hydrogen) atoms. The highest BCUT2D eigenvalue weighted by Crippen LogP contribution is 2.51. The lowest BCUT2D eigenvalue weighted by atomic mass is 9.79. The number of thioether (sulfide) groups is 1. The van der Waals surface area contributed by atoms with E-state index in [0.29, 0.717) is 17.9 Å². The van der Waals surface area contributed by atoms with Gasteiger partial charge in [-0.05, 0) is 19.8 Å². The summed E-state index contributed by atoms with van der Waals surface area (Å²) in [6, 6.07) is -0.124. The highest BCUT2D eigenvalue weighted by Gasteiger charge is 2.60. The Morgan fingerprint density at radius 2 is 2.15 bits per heavy atom. The Kier molecular flexibility index (Phi) is 5.64. The van der Waals surface area contributed by atoms with Gasteiger partial charge in [0, 0.05) is 35.2 Å². The summed E-state index contributed by atoms with van der Waals surface area (Å²) in [5, 5.41) is 32.8. The molecule has 1 amide bonds. The summed E-state index contributed by atoms with van der Waals surface area (Å²) in [5.74, 6) is -2.05. The summed E-state index contributed by atoms with van der Waals surface area (Å²) < 4.78 is 0. The molecule has 9 heteroatoms. The fourth-order valence-corrected chi connectivity index (χ4v) is 5.85. The molecule has 2 saturated heterocycles. The van der Waals surface area contributed by atoms with Crippen LogP contribution >= 0.6 is 11.8 Å². The lowest BCUT2D eigenvalue weighted by Gasteiger charge is -2.46. The number of rotatable bonds is 7. The van der Waals surface area contributed by atoms with Gasteiger partial charge in [0.2, 0.25) is 5.91 Å². The molecule has 6 N–H and O–H groups in total. The third-order valence-corrected chi connectivity index (χ3v) is 7.13. The standard InChI is InChI=1S/C17H27N3O5S/c1-7-13-12(8(2)21)16(23)20(13)14(17(24)25)15(7)26-11-4-9(19-6-11)3-10(22)5-18/h7-13,19,21-22H,3-6,18H2,1-2H3,(H,24,25)/t7-,8-,9+,10?,11+,12-,13-/m1/s1. The minimum atomic E-state index is -1.10. The number of aliphatic carboxylic acids is 1. The van der Waals surface area contributed by atoms with Gasteiger partial charge in [0.25, 0.3) is 0 Å². The molecule has 0 aromatic rings. The van der Waals surface area contributed by atoms with Gasteiger partial charge in [-0.2, -0.15) is 0 Å². The molecule has 3 aliphatic rings. The molecule has 3 aliphatic heterocycles. The van der Waals surface area contributed by atoms with E-state index in [1.807, 2.05) is 6.92 Å². The molecule has 1 unspecified atom stereocenters. The number of carboxylic acid groups (broad SMARTS) is 1. The van der Waals surface area contributed by atoms with E-state index in [4.69, 9.17) is 5.73 Å². The molecule has 0 radical (unpaired) electrons. The molecule has 0 bridgehead atoms. The number of carbonyl (C=O) groups is 2. The third-order valence-electron chi connectivity index (χ3n) is 5.62. The van der Waals surface area contributed by atoms with E-state index in [-0.39, 0.29) is 41.4 Å². The number of hydrogen-bond acceptors (Lipinski definition) is 7. The van der Waals surface area contributed by atoms with Crippen molar-refractivity contribution in [3.05, 3.63) is 10.6 Å². The van der Waals surface area contributed by atoms with Crippen molar-refractivity contribution in [2.24, 2.45) is 17.6 Å². The first-order valence-corrected chi connectivity index (χ1v) is 9.91. The summed E-state index contributed by atoms with van der Waals surface area (Å²) >= 11 is 1.51. The summed E-state index contributed by atoms with van der Waals surface area (Å²) in [5.41, 5.74) is 5.53. The van der Waals surface area contributed by atoms with Gasteiger partial charge in [-0.25, -0.2) is 4.79 Å². The molecular formula is C17H27N3O5S. The van der Waals surface area contributed by atoms with Crippen LogP contribution in [0.2, 0.25) is 0 Å². The van der Waals surface area contributed by atoms with E-state index in [1.54, 1.807) is 6.92 Å². The average Bonchev–Trinajstić information content (AvgIpc) is 3.09. The Morgan fingerprint density at radius 3 is 2.73 bits per heavy atom. The predicted octanol–water partition coefficient (Wildman–Crippen LogP) is -0.686. The minimum Gasteiger partial charge on any atom is -0.477 e. The van der Waals surface area contributed by atoms with Crippen molar-refractivity contribution in [2.75, 3.05) is 13.1 Å². The Labute approximate surface area is 156 Å². The van der Waals surface area contributed by atoms with E-state index < -0.39 is 24.1 Å². The number of aliphatic hydroxyl groups excluding tert-OH is 2. The average molecular weight is 385 g/mol. The number of nitrogens with one attached hydrogen (secondary N) is 1. The van der Waals surface area contributed by atoms with Crippen LogP contribution in [0.3, 0.4) is 0 Å². The normalized spacial score (nSPS) is 36.1. The molecule has 2 fully saturated rings. The second kappa shape index (κ2) is 7.47. The number of hydrogen-bond donors (Lipinski definition) is 5. The maximum Gasteiger partial charge on any atom is 0.353 e. The lowest BCUT2D eigenvalue weighted by Crippen LogP contribution is -2.63. The van der Waals surface area contributed by atoms with Crippen molar-refractivity contribution >= 4 is 23.6 Å². The van der Waals surface area contributed by atoms with Crippen LogP contribution in [0.1, 0.15) is 26.7 Å². The number of β-lactam (4-membered cyclic amide) rings is 1. The van der Waals surface area contributed by atoms with Crippen molar-refractivity contribution in [3.63, 3.8) is 0 Å². The number of carboxylic acids is 1. The first-order valence-electron chi connectivity index (χ1n) is 9.03. The topological polar surface area (TPSA) is 136 Å². The first-order chi connectivity index (χ1) is 12.3. The van der Waals surface area contributed by atoms with Gasteiger partial charge >= 0.3 is 5.97 Å². The van der Waals surface area contributed by atoms with Gasteiger partial charge in [-0.3, -0.25) is 4.79 Å². The molecule has 3 rings (SSSR count). The van der Waals surface area contributed by atoms with Gasteiger partial charge in [-0.15, -0.1) is 11.8 Å². The Balaban J connectivity index is 1.73. The SMILES string of the molecule is C[C@@H](O)[C@H]1C(=O)N2C(C(=O)O)=C(S[C@@H]3CN[C@@H](CC(O)CN)C3)[C@H](C)[C@H]12. The second-order valence-corrected chi connectivity index (χ2v) is 8.82. The van der Waals surface area contributed by atoms with Crippen LogP contribution in [-0.4, -0.2) is 74.7 Å². The largest absolute Gasteiger partial charge is 0.477 e. The van der Waals surface area contributed by atoms with Gasteiger partial charge in [-0.1, -0.05) is 6.92 Å². The molecule has 0 spiro atoms. The molecule has 3 heterocycles. The molecule has 146 valence electrons. The number of fused-ring (bicyclic) bond motifs is 1. The highest BCUT2D eigenvalue weighted by atomic mass is 32.2. The van der Waals surface area contributed by atoms with Crippen molar-refractivity contribution in [2.45, 2.75) is 56.2 Å². The fourth-order valence-electron chi connectivity index (χ4n) is 4.33. The number of aliphatic hydroxyl groups is 2. The van der Waals surface area contributed by atoms with Crippen LogP contribution in [0.15, 0.2) is 10.6 Å². The van der Waals surface area contributed by atoms with E-state index in [2.05, 4.69) is 5.32 Å². The van der Waals surface area contributed by atoms with Crippen molar-refractivity contribution in [1.82, 2.24) is 10.2 Å². The van der Waals surface area contributed by atoms with E-state index >= 15 is 0 Å². The minimum absolute atomic E-state index is 0.0693. The molecule has 7 atom stereocenters.